The highest BCUT2D eigenvalue weighted by molar-refractivity contribution is 5.66. The zero-order valence-electron chi connectivity index (χ0n) is 9.40. The molecule has 0 radical (unpaired) electrons. The average molecular weight is 232 g/mol. The number of rotatable bonds is 2. The van der Waals surface area contributed by atoms with Crippen LogP contribution in [0.1, 0.15) is 12.7 Å². The van der Waals surface area contributed by atoms with Crippen molar-refractivity contribution in [1.29, 1.82) is 0 Å². The van der Waals surface area contributed by atoms with Crippen molar-refractivity contribution in [2.75, 3.05) is 12.5 Å². The van der Waals surface area contributed by atoms with E-state index in [1.54, 1.807) is 0 Å². The third-order valence-electron chi connectivity index (χ3n) is 2.68. The predicted molar refractivity (Wildman–Crippen MR) is 61.9 cm³/mol. The normalized spacial score (nSPS) is 13.0. The Morgan fingerprint density at radius 2 is 2.12 bits per heavy atom. The van der Waals surface area contributed by atoms with Gasteiger partial charge < -0.3 is 19.6 Å². The van der Waals surface area contributed by atoms with Crippen LogP contribution in [0, 0.1) is 0 Å². The van der Waals surface area contributed by atoms with Crippen molar-refractivity contribution in [3.63, 3.8) is 0 Å². The van der Waals surface area contributed by atoms with Crippen LogP contribution >= 0.6 is 0 Å². The molecular formula is C12H12N2O3. The Balaban J connectivity index is 2.08. The molecule has 0 saturated heterocycles. The quantitative estimate of drug-likeness (QED) is 0.859. The van der Waals surface area contributed by atoms with E-state index < -0.39 is 0 Å². The number of aryl methyl sites for hydroxylation is 1. The summed E-state index contributed by atoms with van der Waals surface area (Å²) in [6, 6.07) is 5.86. The van der Waals surface area contributed by atoms with E-state index in [0.29, 0.717) is 0 Å². The number of benzene rings is 1. The molecule has 0 saturated carbocycles. The molecule has 0 unspecified atom stereocenters. The van der Waals surface area contributed by atoms with Gasteiger partial charge in [-0.2, -0.15) is 4.98 Å². The Kier molecular flexibility index (Phi) is 2.18. The van der Waals surface area contributed by atoms with Gasteiger partial charge in [-0.1, -0.05) is 6.92 Å². The van der Waals surface area contributed by atoms with Crippen LogP contribution in [0.3, 0.4) is 0 Å². The lowest BCUT2D eigenvalue weighted by atomic mass is 10.1. The third-order valence-corrected chi connectivity index (χ3v) is 2.68. The first-order valence-corrected chi connectivity index (χ1v) is 5.43. The summed E-state index contributed by atoms with van der Waals surface area (Å²) in [5.41, 5.74) is 7.26. The second kappa shape index (κ2) is 3.69. The topological polar surface area (TPSA) is 70.5 Å². The molecule has 0 fully saturated rings. The maximum absolute atomic E-state index is 5.57. The summed E-state index contributed by atoms with van der Waals surface area (Å²) in [5.74, 6) is 2.26. The van der Waals surface area contributed by atoms with E-state index in [1.165, 1.54) is 0 Å². The second-order valence-corrected chi connectivity index (χ2v) is 3.75. The van der Waals surface area contributed by atoms with Crippen LogP contribution in [0.25, 0.3) is 11.3 Å². The van der Waals surface area contributed by atoms with Crippen LogP contribution in [0.4, 0.5) is 6.01 Å². The number of nitrogens with zero attached hydrogens (tertiary/aromatic N) is 1. The molecule has 1 aliphatic heterocycles. The summed E-state index contributed by atoms with van der Waals surface area (Å²) in [6.07, 6.45) is 0.744. The number of hydrogen-bond donors (Lipinski definition) is 1. The Morgan fingerprint density at radius 3 is 2.94 bits per heavy atom. The first-order valence-electron chi connectivity index (χ1n) is 5.43. The predicted octanol–water partition coefficient (Wildman–Crippen LogP) is 2.21. The highest BCUT2D eigenvalue weighted by atomic mass is 16.7. The maximum atomic E-state index is 5.57. The molecule has 0 bridgehead atoms. The van der Waals surface area contributed by atoms with Crippen molar-refractivity contribution in [2.45, 2.75) is 13.3 Å². The van der Waals surface area contributed by atoms with Gasteiger partial charge in [0.05, 0.1) is 0 Å². The molecular weight excluding hydrogens is 220 g/mol. The Bertz CT molecular complexity index is 563. The molecule has 17 heavy (non-hydrogen) atoms. The Hall–Kier alpha value is -2.17. The fourth-order valence-electron chi connectivity index (χ4n) is 1.88. The lowest BCUT2D eigenvalue weighted by Crippen LogP contribution is -1.92. The molecule has 0 spiro atoms. The SMILES string of the molecule is CCc1oc(N)nc1-c1ccc2c(c1)OCO2. The van der Waals surface area contributed by atoms with Gasteiger partial charge in [-0.15, -0.1) is 0 Å². The van der Waals surface area contributed by atoms with Crippen molar-refractivity contribution >= 4 is 6.01 Å². The largest absolute Gasteiger partial charge is 0.454 e. The highest BCUT2D eigenvalue weighted by Crippen LogP contribution is 2.36. The molecule has 5 heteroatoms. The fraction of sp³-hybridized carbons (Fsp3) is 0.250. The minimum atomic E-state index is 0.189. The average Bonchev–Trinajstić information content (AvgIpc) is 2.93. The zero-order chi connectivity index (χ0) is 11.8. The van der Waals surface area contributed by atoms with E-state index in [9.17, 15) is 0 Å². The maximum Gasteiger partial charge on any atom is 0.292 e. The lowest BCUT2D eigenvalue weighted by Gasteiger charge is -2.00. The number of fused-ring (bicyclic) bond motifs is 1. The summed E-state index contributed by atoms with van der Waals surface area (Å²) < 4.78 is 15.9. The van der Waals surface area contributed by atoms with Crippen LogP contribution in [0.2, 0.25) is 0 Å². The van der Waals surface area contributed by atoms with E-state index in [0.717, 1.165) is 34.9 Å². The molecule has 88 valence electrons. The number of ether oxygens (including phenoxy) is 2. The number of oxazole rings is 1. The fourth-order valence-corrected chi connectivity index (χ4v) is 1.88. The molecule has 3 rings (SSSR count). The van der Waals surface area contributed by atoms with Crippen LogP contribution in [0.5, 0.6) is 11.5 Å². The monoisotopic (exact) mass is 232 g/mol. The first kappa shape index (κ1) is 10.0. The summed E-state index contributed by atoms with van der Waals surface area (Å²) in [6.45, 7) is 2.26. The van der Waals surface area contributed by atoms with Crippen LogP contribution in [0.15, 0.2) is 22.6 Å². The Labute approximate surface area is 98.2 Å². The molecule has 1 aromatic carbocycles. The van der Waals surface area contributed by atoms with Gasteiger partial charge in [0.25, 0.3) is 6.01 Å². The van der Waals surface area contributed by atoms with Gasteiger partial charge in [-0.25, -0.2) is 0 Å². The van der Waals surface area contributed by atoms with Crippen molar-refractivity contribution in [3.05, 3.63) is 24.0 Å². The van der Waals surface area contributed by atoms with Crippen molar-refractivity contribution < 1.29 is 13.9 Å². The van der Waals surface area contributed by atoms with Gasteiger partial charge in [0.15, 0.2) is 11.5 Å². The van der Waals surface area contributed by atoms with Gasteiger partial charge >= 0.3 is 0 Å². The number of hydrogen-bond acceptors (Lipinski definition) is 5. The molecule has 0 amide bonds. The third kappa shape index (κ3) is 1.60. The molecule has 5 nitrogen and oxygen atoms in total. The van der Waals surface area contributed by atoms with Gasteiger partial charge in [-0.05, 0) is 18.2 Å². The molecule has 0 atom stereocenters. The zero-order valence-corrected chi connectivity index (χ0v) is 9.40. The van der Waals surface area contributed by atoms with E-state index in [1.807, 2.05) is 25.1 Å². The summed E-state index contributed by atoms with van der Waals surface area (Å²) in [4.78, 5) is 4.19. The molecule has 1 aliphatic rings. The minimum absolute atomic E-state index is 0.189. The van der Waals surface area contributed by atoms with Gasteiger partial charge in [-0.3, -0.25) is 0 Å². The highest BCUT2D eigenvalue weighted by Gasteiger charge is 2.17. The second-order valence-electron chi connectivity index (χ2n) is 3.75. The van der Waals surface area contributed by atoms with Crippen LogP contribution < -0.4 is 15.2 Å². The van der Waals surface area contributed by atoms with Crippen molar-refractivity contribution in [2.24, 2.45) is 0 Å². The Morgan fingerprint density at radius 1 is 1.29 bits per heavy atom. The molecule has 2 N–H and O–H groups in total. The van der Waals surface area contributed by atoms with Gasteiger partial charge in [0, 0.05) is 12.0 Å². The standard InChI is InChI=1S/C12H12N2O3/c1-2-8-11(14-12(13)17-8)7-3-4-9-10(5-7)16-6-15-9/h3-5H,2,6H2,1H3,(H2,13,14). The molecule has 0 aliphatic carbocycles. The molecule has 1 aromatic heterocycles. The van der Waals surface area contributed by atoms with Gasteiger partial charge in [0.1, 0.15) is 11.5 Å². The van der Waals surface area contributed by atoms with E-state index in [4.69, 9.17) is 19.6 Å². The lowest BCUT2D eigenvalue weighted by molar-refractivity contribution is 0.174. The van der Waals surface area contributed by atoms with Crippen molar-refractivity contribution in [3.8, 4) is 22.8 Å². The van der Waals surface area contributed by atoms with E-state index in [2.05, 4.69) is 4.98 Å². The van der Waals surface area contributed by atoms with E-state index in [-0.39, 0.29) is 12.8 Å². The number of nitrogen functional groups attached to an aromatic ring is 1. The van der Waals surface area contributed by atoms with Crippen molar-refractivity contribution in [1.82, 2.24) is 4.98 Å². The smallest absolute Gasteiger partial charge is 0.292 e. The summed E-state index contributed by atoms with van der Waals surface area (Å²) >= 11 is 0. The van der Waals surface area contributed by atoms with E-state index >= 15 is 0 Å². The summed E-state index contributed by atoms with van der Waals surface area (Å²) in [5, 5.41) is 0. The first-order chi connectivity index (χ1) is 8.28. The number of anilines is 1. The molecule has 2 heterocycles. The van der Waals surface area contributed by atoms with Crippen LogP contribution in [-0.4, -0.2) is 11.8 Å². The number of aromatic nitrogens is 1. The molecule has 2 aromatic rings. The summed E-state index contributed by atoms with van der Waals surface area (Å²) in [7, 11) is 0. The van der Waals surface area contributed by atoms with Crippen LogP contribution in [-0.2, 0) is 6.42 Å². The van der Waals surface area contributed by atoms with Gasteiger partial charge in [0.2, 0.25) is 6.79 Å². The minimum Gasteiger partial charge on any atom is -0.454 e. The number of nitrogens with two attached hydrogens (primary N) is 1.